The summed E-state index contributed by atoms with van der Waals surface area (Å²) in [6, 6.07) is 18.7. The average Bonchev–Trinajstić information content (AvgIpc) is 2.77. The highest BCUT2D eigenvalue weighted by Gasteiger charge is 2.19. The Morgan fingerprint density at radius 1 is 0.800 bits per heavy atom. The molecule has 2 aromatic carbocycles. The number of carbonyl (C=O) groups excluding carboxylic acids is 2. The van der Waals surface area contributed by atoms with Gasteiger partial charge in [-0.25, -0.2) is 4.79 Å². The molecule has 2 rings (SSSR count). The number of carbonyl (C=O) groups is 2. The van der Waals surface area contributed by atoms with Gasteiger partial charge in [-0.15, -0.1) is 0 Å². The number of benzene rings is 2. The first kappa shape index (κ1) is 23.7. The van der Waals surface area contributed by atoms with Gasteiger partial charge >= 0.3 is 5.97 Å². The summed E-state index contributed by atoms with van der Waals surface area (Å²) >= 11 is 0. The number of hydrogen-bond acceptors (Lipinski definition) is 3. The van der Waals surface area contributed by atoms with Crippen LogP contribution in [0.1, 0.15) is 69.1 Å². The summed E-state index contributed by atoms with van der Waals surface area (Å²) in [4.78, 5) is 29.2. The van der Waals surface area contributed by atoms with Crippen molar-refractivity contribution in [2.75, 3.05) is 0 Å². The molecule has 1 N–H and O–H groups in total. The Kier molecular flexibility index (Phi) is 10.7. The second-order valence-corrected chi connectivity index (χ2v) is 7.91. The van der Waals surface area contributed by atoms with E-state index in [2.05, 4.69) is 41.9 Å². The Bertz CT molecular complexity index is 750. The second kappa shape index (κ2) is 13.6. The lowest BCUT2D eigenvalue weighted by atomic mass is 9.99. The van der Waals surface area contributed by atoms with Crippen molar-refractivity contribution < 1.29 is 14.4 Å². The summed E-state index contributed by atoms with van der Waals surface area (Å²) in [6.45, 7) is 4.09. The first-order valence-corrected chi connectivity index (χ1v) is 11.2. The molecule has 0 unspecified atom stereocenters. The van der Waals surface area contributed by atoms with Gasteiger partial charge in [0.15, 0.2) is 0 Å². The second-order valence-electron chi connectivity index (χ2n) is 7.91. The number of hydrogen-bond donors (Lipinski definition) is 1. The zero-order valence-corrected chi connectivity index (χ0v) is 18.4. The van der Waals surface area contributed by atoms with Gasteiger partial charge in [0.1, 0.15) is 0 Å². The largest absolute Gasteiger partial charge is 0.340 e. The lowest BCUT2D eigenvalue weighted by Gasteiger charge is -2.14. The fourth-order valence-electron chi connectivity index (χ4n) is 3.62. The molecule has 0 atom stereocenters. The Morgan fingerprint density at radius 2 is 1.33 bits per heavy atom. The standard InChI is InChI=1S/C26H35NO3/c1-3-10-24(11-4-2)26(29)30-27-25(28)20-23-18-16-22(17-19-23)15-9-8-14-21-12-6-5-7-13-21/h5-7,12-13,16-19,24H,3-4,8-11,14-15,20H2,1-2H3,(H,27,28). The van der Waals surface area contributed by atoms with Crippen LogP contribution < -0.4 is 5.48 Å². The van der Waals surface area contributed by atoms with Crippen molar-refractivity contribution in [1.82, 2.24) is 5.48 Å². The van der Waals surface area contributed by atoms with Crippen molar-refractivity contribution in [3.05, 3.63) is 71.3 Å². The molecule has 0 heterocycles. The lowest BCUT2D eigenvalue weighted by molar-refractivity contribution is -0.162. The minimum Gasteiger partial charge on any atom is -0.340 e. The van der Waals surface area contributed by atoms with Gasteiger partial charge in [-0.05, 0) is 55.2 Å². The summed E-state index contributed by atoms with van der Waals surface area (Å²) in [6.07, 6.45) is 8.07. The van der Waals surface area contributed by atoms with Gasteiger partial charge in [0, 0.05) is 0 Å². The third kappa shape index (κ3) is 8.81. The normalized spacial score (nSPS) is 10.8. The van der Waals surface area contributed by atoms with Crippen LogP contribution in [-0.4, -0.2) is 11.9 Å². The minimum atomic E-state index is -0.335. The van der Waals surface area contributed by atoms with E-state index in [-0.39, 0.29) is 24.2 Å². The smallest absolute Gasteiger partial charge is 0.335 e. The van der Waals surface area contributed by atoms with Gasteiger partial charge in [-0.1, -0.05) is 81.3 Å². The summed E-state index contributed by atoms with van der Waals surface area (Å²) < 4.78 is 0. The first-order chi connectivity index (χ1) is 14.6. The fraction of sp³-hybridized carbons (Fsp3) is 0.462. The minimum absolute atomic E-state index is 0.138. The monoisotopic (exact) mass is 409 g/mol. The molecule has 0 saturated heterocycles. The highest BCUT2D eigenvalue weighted by Crippen LogP contribution is 2.15. The Balaban J connectivity index is 1.69. The van der Waals surface area contributed by atoms with E-state index in [0.29, 0.717) is 0 Å². The summed E-state index contributed by atoms with van der Waals surface area (Å²) in [5.74, 6) is -0.773. The van der Waals surface area contributed by atoms with E-state index in [1.54, 1.807) is 0 Å². The highest BCUT2D eigenvalue weighted by atomic mass is 16.7. The summed E-state index contributed by atoms with van der Waals surface area (Å²) in [7, 11) is 0. The molecule has 0 radical (unpaired) electrons. The van der Waals surface area contributed by atoms with Crippen molar-refractivity contribution in [2.24, 2.45) is 5.92 Å². The van der Waals surface area contributed by atoms with Crippen LogP contribution in [0.25, 0.3) is 0 Å². The Hall–Kier alpha value is -2.62. The third-order valence-electron chi connectivity index (χ3n) is 5.28. The molecule has 4 nitrogen and oxygen atoms in total. The summed E-state index contributed by atoms with van der Waals surface area (Å²) in [5, 5.41) is 0. The third-order valence-corrected chi connectivity index (χ3v) is 5.28. The van der Waals surface area contributed by atoms with Crippen molar-refractivity contribution in [3.63, 3.8) is 0 Å². The maximum absolute atomic E-state index is 12.1. The topological polar surface area (TPSA) is 55.4 Å². The predicted octanol–water partition coefficient (Wildman–Crippen LogP) is 5.59. The number of hydroxylamine groups is 1. The molecule has 0 aliphatic rings. The van der Waals surface area contributed by atoms with Crippen molar-refractivity contribution in [2.45, 2.75) is 71.6 Å². The molecular formula is C26H35NO3. The number of aryl methyl sites for hydroxylation is 2. The van der Waals surface area contributed by atoms with Gasteiger partial charge in [0.2, 0.25) is 0 Å². The van der Waals surface area contributed by atoms with E-state index in [1.165, 1.54) is 11.1 Å². The molecule has 0 fully saturated rings. The van der Waals surface area contributed by atoms with Crippen LogP contribution in [0.15, 0.2) is 54.6 Å². The molecule has 30 heavy (non-hydrogen) atoms. The van der Waals surface area contributed by atoms with Crippen LogP contribution in [-0.2, 0) is 33.7 Å². The van der Waals surface area contributed by atoms with Gasteiger partial charge in [0.25, 0.3) is 5.91 Å². The Labute approximate surface area is 181 Å². The molecule has 0 aliphatic heterocycles. The van der Waals surface area contributed by atoms with Crippen LogP contribution in [0.4, 0.5) is 0 Å². The number of unbranched alkanes of at least 4 members (excludes halogenated alkanes) is 1. The summed E-state index contributed by atoms with van der Waals surface area (Å²) in [5.41, 5.74) is 5.89. The van der Waals surface area contributed by atoms with E-state index in [4.69, 9.17) is 4.84 Å². The van der Waals surface area contributed by atoms with Crippen LogP contribution in [0.3, 0.4) is 0 Å². The number of amides is 1. The van der Waals surface area contributed by atoms with Gasteiger partial charge < -0.3 is 4.84 Å². The fourth-order valence-corrected chi connectivity index (χ4v) is 3.62. The maximum atomic E-state index is 12.1. The molecule has 0 bridgehead atoms. The quantitative estimate of drug-likeness (QED) is 0.367. The molecule has 0 aromatic heterocycles. The zero-order chi connectivity index (χ0) is 21.6. The number of rotatable bonds is 12. The van der Waals surface area contributed by atoms with Crippen molar-refractivity contribution in [1.29, 1.82) is 0 Å². The Morgan fingerprint density at radius 3 is 1.90 bits per heavy atom. The van der Waals surface area contributed by atoms with Crippen LogP contribution in [0.2, 0.25) is 0 Å². The van der Waals surface area contributed by atoms with Crippen LogP contribution >= 0.6 is 0 Å². The van der Waals surface area contributed by atoms with E-state index in [0.717, 1.165) is 56.9 Å². The van der Waals surface area contributed by atoms with E-state index < -0.39 is 0 Å². The number of nitrogens with one attached hydrogen (secondary N) is 1. The molecule has 2 aromatic rings. The van der Waals surface area contributed by atoms with E-state index >= 15 is 0 Å². The van der Waals surface area contributed by atoms with Crippen LogP contribution in [0.5, 0.6) is 0 Å². The first-order valence-electron chi connectivity index (χ1n) is 11.2. The molecule has 162 valence electrons. The van der Waals surface area contributed by atoms with Gasteiger partial charge in [-0.3, -0.25) is 4.79 Å². The molecule has 0 saturated carbocycles. The molecule has 1 amide bonds. The van der Waals surface area contributed by atoms with Gasteiger partial charge in [-0.2, -0.15) is 5.48 Å². The van der Waals surface area contributed by atoms with Crippen molar-refractivity contribution >= 4 is 11.9 Å². The van der Waals surface area contributed by atoms with E-state index in [9.17, 15) is 9.59 Å². The highest BCUT2D eigenvalue weighted by molar-refractivity contribution is 5.80. The molecule has 4 heteroatoms. The van der Waals surface area contributed by atoms with Gasteiger partial charge in [0.05, 0.1) is 12.3 Å². The zero-order valence-electron chi connectivity index (χ0n) is 18.4. The molecular weight excluding hydrogens is 374 g/mol. The average molecular weight is 410 g/mol. The SMILES string of the molecule is CCCC(CCC)C(=O)ONC(=O)Cc1ccc(CCCCc2ccccc2)cc1. The predicted molar refractivity (Wildman–Crippen MR) is 121 cm³/mol. The van der Waals surface area contributed by atoms with E-state index in [1.807, 2.05) is 32.0 Å². The van der Waals surface area contributed by atoms with Crippen molar-refractivity contribution in [3.8, 4) is 0 Å². The van der Waals surface area contributed by atoms with Crippen LogP contribution in [0, 0.1) is 5.92 Å². The lowest BCUT2D eigenvalue weighted by Crippen LogP contribution is -2.31. The molecule has 0 spiro atoms. The molecule has 0 aliphatic carbocycles. The maximum Gasteiger partial charge on any atom is 0.335 e.